The summed E-state index contributed by atoms with van der Waals surface area (Å²) in [5.74, 6) is 1.16. The average molecular weight is 405 g/mol. The number of methoxy groups -OCH3 is 2. The van der Waals surface area contributed by atoms with Crippen molar-refractivity contribution in [2.24, 2.45) is 5.73 Å². The number of pyridine rings is 1. The van der Waals surface area contributed by atoms with Crippen LogP contribution in [-0.4, -0.2) is 25.1 Å². The normalized spacial score (nSPS) is 11.6. The molecule has 0 aliphatic heterocycles. The second-order valence-electron chi connectivity index (χ2n) is 7.15. The lowest BCUT2D eigenvalue weighted by molar-refractivity contribution is 0.0939. The fourth-order valence-corrected chi connectivity index (χ4v) is 3.31. The second-order valence-corrected chi connectivity index (χ2v) is 7.15. The highest BCUT2D eigenvalue weighted by atomic mass is 16.5. The first-order valence-corrected chi connectivity index (χ1v) is 9.74. The summed E-state index contributed by atoms with van der Waals surface area (Å²) < 4.78 is 10.7. The summed E-state index contributed by atoms with van der Waals surface area (Å²) in [7, 11) is 3.20. The van der Waals surface area contributed by atoms with Gasteiger partial charge in [0.25, 0.3) is 5.91 Å². The molecule has 1 aromatic heterocycles. The van der Waals surface area contributed by atoms with E-state index in [2.05, 4.69) is 10.3 Å². The molecular formula is C24H27N3O3. The van der Waals surface area contributed by atoms with Gasteiger partial charge in [-0.05, 0) is 72.5 Å². The Balaban J connectivity index is 1.90. The third-order valence-corrected chi connectivity index (χ3v) is 5.06. The number of hydrogen-bond donors (Lipinski definition) is 2. The average Bonchev–Trinajstić information content (AvgIpc) is 2.78. The standard InChI is InChI=1S/C24H27N3O3/c1-15-5-6-26-14-23(15)19-7-17(13-25)8-20(9-19)24(28)27-16(2)18-10-21(29-3)12-22(11-18)30-4/h5-12,14,16H,13,25H2,1-4H3,(H,27,28). The molecule has 30 heavy (non-hydrogen) atoms. The van der Waals surface area contributed by atoms with Gasteiger partial charge in [0.15, 0.2) is 0 Å². The molecule has 1 atom stereocenters. The molecule has 0 spiro atoms. The zero-order valence-electron chi connectivity index (χ0n) is 17.7. The van der Waals surface area contributed by atoms with E-state index in [0.717, 1.165) is 27.8 Å². The lowest BCUT2D eigenvalue weighted by Crippen LogP contribution is -2.27. The Morgan fingerprint density at radius 3 is 2.40 bits per heavy atom. The van der Waals surface area contributed by atoms with E-state index in [1.807, 2.05) is 50.2 Å². The van der Waals surface area contributed by atoms with E-state index < -0.39 is 0 Å². The number of aryl methyl sites for hydroxylation is 1. The molecule has 1 amide bonds. The monoisotopic (exact) mass is 405 g/mol. The van der Waals surface area contributed by atoms with Crippen molar-refractivity contribution in [3.05, 3.63) is 77.1 Å². The molecule has 3 aromatic rings. The van der Waals surface area contributed by atoms with Gasteiger partial charge in [0, 0.05) is 36.1 Å². The Kier molecular flexibility index (Phi) is 6.69. The molecule has 0 aliphatic carbocycles. The third kappa shape index (κ3) is 4.78. The van der Waals surface area contributed by atoms with Crippen LogP contribution >= 0.6 is 0 Å². The zero-order valence-corrected chi connectivity index (χ0v) is 17.7. The smallest absolute Gasteiger partial charge is 0.251 e. The number of benzene rings is 2. The maximum atomic E-state index is 13.0. The summed E-state index contributed by atoms with van der Waals surface area (Å²) >= 11 is 0. The molecule has 3 N–H and O–H groups in total. The molecule has 0 aliphatic rings. The van der Waals surface area contributed by atoms with Gasteiger partial charge in [-0.1, -0.05) is 0 Å². The Bertz CT molecular complexity index is 1030. The zero-order chi connectivity index (χ0) is 21.7. The van der Waals surface area contributed by atoms with Crippen LogP contribution < -0.4 is 20.5 Å². The van der Waals surface area contributed by atoms with Crippen molar-refractivity contribution in [2.45, 2.75) is 26.4 Å². The Morgan fingerprint density at radius 2 is 1.80 bits per heavy atom. The van der Waals surface area contributed by atoms with Crippen LogP contribution in [0.4, 0.5) is 0 Å². The fourth-order valence-electron chi connectivity index (χ4n) is 3.31. The van der Waals surface area contributed by atoms with Crippen LogP contribution in [0.5, 0.6) is 11.5 Å². The number of hydrogen-bond acceptors (Lipinski definition) is 5. The molecule has 6 heteroatoms. The summed E-state index contributed by atoms with van der Waals surface area (Å²) in [4.78, 5) is 17.3. The molecular weight excluding hydrogens is 378 g/mol. The van der Waals surface area contributed by atoms with Gasteiger partial charge in [-0.2, -0.15) is 0 Å². The number of nitrogens with zero attached hydrogens (tertiary/aromatic N) is 1. The summed E-state index contributed by atoms with van der Waals surface area (Å²) in [5, 5.41) is 3.05. The van der Waals surface area contributed by atoms with E-state index in [9.17, 15) is 4.79 Å². The Labute approximate surface area is 177 Å². The number of nitrogens with two attached hydrogens (primary N) is 1. The number of nitrogens with one attached hydrogen (secondary N) is 1. The van der Waals surface area contributed by atoms with Gasteiger partial charge in [-0.3, -0.25) is 9.78 Å². The molecule has 0 saturated heterocycles. The maximum absolute atomic E-state index is 13.0. The molecule has 156 valence electrons. The third-order valence-electron chi connectivity index (χ3n) is 5.06. The summed E-state index contributed by atoms with van der Waals surface area (Å²) in [6, 6.07) is 13.0. The minimum Gasteiger partial charge on any atom is -0.497 e. The van der Waals surface area contributed by atoms with Crippen LogP contribution in [0.25, 0.3) is 11.1 Å². The predicted octanol–water partition coefficient (Wildman–Crippen LogP) is 4.02. The Hall–Kier alpha value is -3.38. The van der Waals surface area contributed by atoms with Crippen molar-refractivity contribution < 1.29 is 14.3 Å². The van der Waals surface area contributed by atoms with Crippen molar-refractivity contribution in [3.63, 3.8) is 0 Å². The van der Waals surface area contributed by atoms with Crippen molar-refractivity contribution in [2.75, 3.05) is 14.2 Å². The van der Waals surface area contributed by atoms with Crippen LogP contribution in [0, 0.1) is 6.92 Å². The second kappa shape index (κ2) is 9.41. The predicted molar refractivity (Wildman–Crippen MR) is 118 cm³/mol. The number of amides is 1. The summed E-state index contributed by atoms with van der Waals surface area (Å²) in [5.41, 5.74) is 11.2. The number of carbonyl (C=O) groups is 1. The van der Waals surface area contributed by atoms with Crippen LogP contribution in [0.3, 0.4) is 0 Å². The maximum Gasteiger partial charge on any atom is 0.251 e. The van der Waals surface area contributed by atoms with E-state index in [0.29, 0.717) is 23.6 Å². The van der Waals surface area contributed by atoms with Crippen molar-refractivity contribution in [1.82, 2.24) is 10.3 Å². The first-order chi connectivity index (χ1) is 14.4. The lowest BCUT2D eigenvalue weighted by Gasteiger charge is -2.17. The largest absolute Gasteiger partial charge is 0.497 e. The van der Waals surface area contributed by atoms with Crippen LogP contribution in [-0.2, 0) is 6.54 Å². The van der Waals surface area contributed by atoms with Gasteiger partial charge in [0.1, 0.15) is 11.5 Å². The van der Waals surface area contributed by atoms with Crippen LogP contribution in [0.15, 0.2) is 54.9 Å². The fraction of sp³-hybridized carbons (Fsp3) is 0.250. The lowest BCUT2D eigenvalue weighted by atomic mass is 9.97. The van der Waals surface area contributed by atoms with E-state index in [1.54, 1.807) is 32.7 Å². The van der Waals surface area contributed by atoms with Gasteiger partial charge in [-0.25, -0.2) is 0 Å². The summed E-state index contributed by atoms with van der Waals surface area (Å²) in [6.07, 6.45) is 3.56. The first-order valence-electron chi connectivity index (χ1n) is 9.74. The van der Waals surface area contributed by atoms with Crippen molar-refractivity contribution in [3.8, 4) is 22.6 Å². The minimum atomic E-state index is -0.244. The van der Waals surface area contributed by atoms with E-state index in [-0.39, 0.29) is 11.9 Å². The highest BCUT2D eigenvalue weighted by Gasteiger charge is 2.16. The molecule has 1 heterocycles. The van der Waals surface area contributed by atoms with Gasteiger partial charge in [0.05, 0.1) is 20.3 Å². The van der Waals surface area contributed by atoms with Crippen molar-refractivity contribution >= 4 is 5.91 Å². The molecule has 0 saturated carbocycles. The first kappa shape index (κ1) is 21.3. The van der Waals surface area contributed by atoms with Crippen LogP contribution in [0.2, 0.25) is 0 Å². The van der Waals surface area contributed by atoms with Crippen molar-refractivity contribution in [1.29, 1.82) is 0 Å². The SMILES string of the molecule is COc1cc(OC)cc(C(C)NC(=O)c2cc(CN)cc(-c3cnccc3C)c2)c1. The molecule has 3 rings (SSSR count). The highest BCUT2D eigenvalue weighted by Crippen LogP contribution is 2.28. The van der Waals surface area contributed by atoms with Gasteiger partial charge in [0.2, 0.25) is 0 Å². The summed E-state index contributed by atoms with van der Waals surface area (Å²) in [6.45, 7) is 4.28. The van der Waals surface area contributed by atoms with E-state index in [4.69, 9.17) is 15.2 Å². The molecule has 6 nitrogen and oxygen atoms in total. The minimum absolute atomic E-state index is 0.178. The topological polar surface area (TPSA) is 86.5 Å². The van der Waals surface area contributed by atoms with Crippen LogP contribution in [0.1, 0.15) is 40.0 Å². The van der Waals surface area contributed by atoms with E-state index in [1.165, 1.54) is 0 Å². The van der Waals surface area contributed by atoms with Gasteiger partial charge < -0.3 is 20.5 Å². The molecule has 0 bridgehead atoms. The molecule has 1 unspecified atom stereocenters. The molecule has 0 radical (unpaired) electrons. The van der Waals surface area contributed by atoms with E-state index >= 15 is 0 Å². The number of ether oxygens (including phenoxy) is 2. The molecule has 2 aromatic carbocycles. The number of aromatic nitrogens is 1. The Morgan fingerprint density at radius 1 is 1.10 bits per heavy atom. The highest BCUT2D eigenvalue weighted by molar-refractivity contribution is 5.96. The number of rotatable bonds is 7. The van der Waals surface area contributed by atoms with Gasteiger partial charge in [-0.15, -0.1) is 0 Å². The molecule has 0 fully saturated rings. The quantitative estimate of drug-likeness (QED) is 0.620. The number of carbonyl (C=O) groups excluding carboxylic acids is 1. The van der Waals surface area contributed by atoms with Gasteiger partial charge >= 0.3 is 0 Å².